The van der Waals surface area contributed by atoms with E-state index in [4.69, 9.17) is 15.4 Å². The molecule has 0 saturated carbocycles. The van der Waals surface area contributed by atoms with E-state index in [-0.39, 0.29) is 12.0 Å². The van der Waals surface area contributed by atoms with Crippen molar-refractivity contribution >= 4 is 0 Å². The average molecular weight is 199 g/mol. The summed E-state index contributed by atoms with van der Waals surface area (Å²) < 4.78 is 5.09. The van der Waals surface area contributed by atoms with Crippen LogP contribution < -0.4 is 5.73 Å². The Labute approximate surface area is 83.3 Å². The van der Waals surface area contributed by atoms with Gasteiger partial charge in [0.2, 0.25) is 5.89 Å². The molecule has 0 aliphatic carbocycles. The van der Waals surface area contributed by atoms with Crippen molar-refractivity contribution < 1.29 is 9.63 Å². The molecule has 1 atom stereocenters. The Morgan fingerprint density at radius 3 is 2.71 bits per heavy atom. The van der Waals surface area contributed by atoms with Crippen molar-refractivity contribution in [2.24, 2.45) is 5.73 Å². The molecule has 0 aromatic carbocycles. The van der Waals surface area contributed by atoms with Crippen LogP contribution in [0.3, 0.4) is 0 Å². The van der Waals surface area contributed by atoms with Crippen LogP contribution in [0.15, 0.2) is 4.52 Å². The van der Waals surface area contributed by atoms with Gasteiger partial charge in [-0.25, -0.2) is 0 Å². The highest BCUT2D eigenvalue weighted by molar-refractivity contribution is 5.02. The van der Waals surface area contributed by atoms with Crippen molar-refractivity contribution in [1.29, 1.82) is 0 Å². The SMILES string of the molecule is CCC(C)(C)c1nc(C(N)CO)no1. The summed E-state index contributed by atoms with van der Waals surface area (Å²) in [7, 11) is 0. The predicted octanol–water partition coefficient (Wildman–Crippen LogP) is 0.749. The number of hydrogen-bond donors (Lipinski definition) is 2. The van der Waals surface area contributed by atoms with Gasteiger partial charge < -0.3 is 15.4 Å². The Hall–Kier alpha value is -0.940. The molecule has 0 aliphatic heterocycles. The van der Waals surface area contributed by atoms with Gasteiger partial charge in [0.25, 0.3) is 0 Å². The number of nitrogens with two attached hydrogens (primary N) is 1. The molecule has 80 valence electrons. The zero-order chi connectivity index (χ0) is 10.8. The molecule has 0 saturated heterocycles. The van der Waals surface area contributed by atoms with E-state index in [1.165, 1.54) is 0 Å². The fourth-order valence-electron chi connectivity index (χ4n) is 0.893. The van der Waals surface area contributed by atoms with Gasteiger partial charge in [-0.05, 0) is 6.42 Å². The normalized spacial score (nSPS) is 14.4. The largest absolute Gasteiger partial charge is 0.394 e. The minimum Gasteiger partial charge on any atom is -0.394 e. The van der Waals surface area contributed by atoms with Crippen LogP contribution in [0, 0.1) is 0 Å². The summed E-state index contributed by atoms with van der Waals surface area (Å²) in [6.45, 7) is 5.92. The number of aliphatic hydroxyl groups is 1. The number of rotatable bonds is 4. The third-order valence-electron chi connectivity index (χ3n) is 2.43. The molecule has 1 rings (SSSR count). The molecule has 0 radical (unpaired) electrons. The third-order valence-corrected chi connectivity index (χ3v) is 2.43. The average Bonchev–Trinajstić information content (AvgIpc) is 2.66. The van der Waals surface area contributed by atoms with Crippen LogP contribution in [-0.4, -0.2) is 21.9 Å². The highest BCUT2D eigenvalue weighted by Crippen LogP contribution is 2.25. The molecule has 14 heavy (non-hydrogen) atoms. The minimum absolute atomic E-state index is 0.138. The molecule has 0 aliphatic rings. The van der Waals surface area contributed by atoms with Gasteiger partial charge in [0, 0.05) is 5.41 Å². The van der Waals surface area contributed by atoms with E-state index >= 15 is 0 Å². The van der Waals surface area contributed by atoms with Gasteiger partial charge in [-0.15, -0.1) is 0 Å². The van der Waals surface area contributed by atoms with Gasteiger partial charge in [0.05, 0.1) is 12.6 Å². The summed E-state index contributed by atoms with van der Waals surface area (Å²) in [5.41, 5.74) is 5.42. The second-order valence-corrected chi connectivity index (χ2v) is 3.98. The molecule has 1 heterocycles. The Morgan fingerprint density at radius 1 is 1.57 bits per heavy atom. The first-order valence-electron chi connectivity index (χ1n) is 4.71. The Kier molecular flexibility index (Phi) is 3.23. The molecule has 0 spiro atoms. The molecule has 5 nitrogen and oxygen atoms in total. The van der Waals surface area contributed by atoms with Gasteiger partial charge in [-0.3, -0.25) is 0 Å². The van der Waals surface area contributed by atoms with Gasteiger partial charge in [0.1, 0.15) is 0 Å². The summed E-state index contributed by atoms with van der Waals surface area (Å²) in [6, 6.07) is -0.555. The maximum Gasteiger partial charge on any atom is 0.232 e. The molecular formula is C9H17N3O2. The Morgan fingerprint density at radius 2 is 2.21 bits per heavy atom. The Bertz CT molecular complexity index is 296. The van der Waals surface area contributed by atoms with Crippen LogP contribution in [0.4, 0.5) is 0 Å². The quantitative estimate of drug-likeness (QED) is 0.747. The maximum absolute atomic E-state index is 8.81. The summed E-state index contributed by atoms with van der Waals surface area (Å²) in [5, 5.41) is 12.5. The first-order valence-corrected chi connectivity index (χ1v) is 4.71. The fourth-order valence-corrected chi connectivity index (χ4v) is 0.893. The van der Waals surface area contributed by atoms with Crippen LogP contribution in [0.5, 0.6) is 0 Å². The summed E-state index contributed by atoms with van der Waals surface area (Å²) in [4.78, 5) is 4.16. The lowest BCUT2D eigenvalue weighted by Gasteiger charge is -2.16. The van der Waals surface area contributed by atoms with E-state index in [2.05, 4.69) is 17.1 Å². The highest BCUT2D eigenvalue weighted by atomic mass is 16.5. The third kappa shape index (κ3) is 2.10. The van der Waals surface area contributed by atoms with E-state index in [0.717, 1.165) is 6.42 Å². The lowest BCUT2D eigenvalue weighted by Crippen LogP contribution is -2.18. The highest BCUT2D eigenvalue weighted by Gasteiger charge is 2.26. The lowest BCUT2D eigenvalue weighted by molar-refractivity contribution is 0.257. The van der Waals surface area contributed by atoms with E-state index in [1.807, 2.05) is 13.8 Å². The fraction of sp³-hybridized carbons (Fsp3) is 0.778. The molecule has 0 bridgehead atoms. The number of hydrogen-bond acceptors (Lipinski definition) is 5. The van der Waals surface area contributed by atoms with E-state index < -0.39 is 6.04 Å². The van der Waals surface area contributed by atoms with Gasteiger partial charge in [-0.2, -0.15) is 4.98 Å². The smallest absolute Gasteiger partial charge is 0.232 e. The van der Waals surface area contributed by atoms with Crippen molar-refractivity contribution in [3.63, 3.8) is 0 Å². The van der Waals surface area contributed by atoms with E-state index in [1.54, 1.807) is 0 Å². The van der Waals surface area contributed by atoms with Gasteiger partial charge in [0.15, 0.2) is 5.82 Å². The van der Waals surface area contributed by atoms with E-state index in [0.29, 0.717) is 11.7 Å². The zero-order valence-electron chi connectivity index (χ0n) is 8.82. The summed E-state index contributed by atoms with van der Waals surface area (Å²) in [5.74, 6) is 0.933. The summed E-state index contributed by atoms with van der Waals surface area (Å²) >= 11 is 0. The second-order valence-electron chi connectivity index (χ2n) is 3.98. The maximum atomic E-state index is 8.81. The zero-order valence-corrected chi connectivity index (χ0v) is 8.82. The molecule has 1 aromatic rings. The molecule has 0 amide bonds. The monoisotopic (exact) mass is 199 g/mol. The molecule has 0 fully saturated rings. The summed E-state index contributed by atoms with van der Waals surface area (Å²) in [6.07, 6.45) is 0.906. The van der Waals surface area contributed by atoms with Crippen molar-refractivity contribution in [1.82, 2.24) is 10.1 Å². The molecule has 5 heteroatoms. The molecular weight excluding hydrogens is 182 g/mol. The lowest BCUT2D eigenvalue weighted by atomic mass is 9.90. The number of aromatic nitrogens is 2. The van der Waals surface area contributed by atoms with Crippen LogP contribution in [0.1, 0.15) is 44.9 Å². The van der Waals surface area contributed by atoms with Crippen LogP contribution in [-0.2, 0) is 5.41 Å². The van der Waals surface area contributed by atoms with Crippen molar-refractivity contribution in [3.05, 3.63) is 11.7 Å². The van der Waals surface area contributed by atoms with Crippen LogP contribution in [0.25, 0.3) is 0 Å². The Balaban J connectivity index is 2.88. The number of nitrogens with zero attached hydrogens (tertiary/aromatic N) is 2. The number of aliphatic hydroxyl groups excluding tert-OH is 1. The second kappa shape index (κ2) is 4.06. The van der Waals surface area contributed by atoms with Crippen LogP contribution in [0.2, 0.25) is 0 Å². The molecule has 3 N–H and O–H groups in total. The van der Waals surface area contributed by atoms with Gasteiger partial charge >= 0.3 is 0 Å². The van der Waals surface area contributed by atoms with Crippen molar-refractivity contribution in [2.75, 3.05) is 6.61 Å². The topological polar surface area (TPSA) is 85.2 Å². The predicted molar refractivity (Wildman–Crippen MR) is 51.6 cm³/mol. The first-order chi connectivity index (χ1) is 6.51. The minimum atomic E-state index is -0.555. The first kappa shape index (κ1) is 11.1. The van der Waals surface area contributed by atoms with E-state index in [9.17, 15) is 0 Å². The van der Waals surface area contributed by atoms with Crippen molar-refractivity contribution in [3.8, 4) is 0 Å². The molecule has 1 unspecified atom stereocenters. The van der Waals surface area contributed by atoms with Crippen LogP contribution >= 0.6 is 0 Å². The van der Waals surface area contributed by atoms with Crippen molar-refractivity contribution in [2.45, 2.75) is 38.6 Å². The molecule has 1 aromatic heterocycles. The van der Waals surface area contributed by atoms with Gasteiger partial charge in [-0.1, -0.05) is 25.9 Å². The standard InChI is InChI=1S/C9H17N3O2/c1-4-9(2,3)8-11-7(12-14-8)6(10)5-13/h6,13H,4-5,10H2,1-3H3.